The fourth-order valence-corrected chi connectivity index (χ4v) is 1.65. The summed E-state index contributed by atoms with van der Waals surface area (Å²) in [5.41, 5.74) is 0. The molecule has 0 bridgehead atoms. The molecular weight excluding hydrogens is 212 g/mol. The molecule has 1 rings (SSSR count). The molecule has 0 heterocycles. The number of benzene rings is 1. The van der Waals surface area contributed by atoms with Crippen LogP contribution in [0.25, 0.3) is 0 Å². The first-order chi connectivity index (χ1) is 7.17. The lowest BCUT2D eigenvalue weighted by atomic mass is 10.4. The van der Waals surface area contributed by atoms with Gasteiger partial charge in [-0.2, -0.15) is 8.42 Å². The minimum atomic E-state index is -3.71. The van der Waals surface area contributed by atoms with Crippen LogP contribution >= 0.6 is 0 Å². The van der Waals surface area contributed by atoms with E-state index in [1.54, 1.807) is 18.2 Å². The minimum absolute atomic E-state index is 0.121. The maximum absolute atomic E-state index is 11.5. The van der Waals surface area contributed by atoms with Gasteiger partial charge in [-0.05, 0) is 18.6 Å². The van der Waals surface area contributed by atoms with Crippen molar-refractivity contribution in [3.63, 3.8) is 0 Å². The van der Waals surface area contributed by atoms with E-state index >= 15 is 0 Å². The van der Waals surface area contributed by atoms with Crippen LogP contribution in [0.15, 0.2) is 35.2 Å². The van der Waals surface area contributed by atoms with Crippen molar-refractivity contribution in [1.82, 2.24) is 0 Å². The summed E-state index contributed by atoms with van der Waals surface area (Å²) in [5, 5.41) is 0. The highest BCUT2D eigenvalue weighted by Crippen LogP contribution is 2.10. The van der Waals surface area contributed by atoms with Gasteiger partial charge in [0.1, 0.15) is 11.0 Å². The molecule has 0 aliphatic heterocycles. The molecule has 80 valence electrons. The van der Waals surface area contributed by atoms with Gasteiger partial charge < -0.3 is 4.18 Å². The van der Waals surface area contributed by atoms with E-state index in [1.165, 1.54) is 12.1 Å². The zero-order chi connectivity index (χ0) is 11.1. The first-order valence-electron chi connectivity index (χ1n) is 4.63. The molecule has 0 radical (unpaired) electrons. The van der Waals surface area contributed by atoms with Gasteiger partial charge in [-0.25, -0.2) is 0 Å². The summed E-state index contributed by atoms with van der Waals surface area (Å²) in [4.78, 5) is 0.121. The molecule has 0 saturated heterocycles. The smallest absolute Gasteiger partial charge is 0.324 e. The molecular formula is C11H12O3S. The normalized spacial score (nSPS) is 10.2. The quantitative estimate of drug-likeness (QED) is 0.583. The second kappa shape index (κ2) is 5.42. The van der Waals surface area contributed by atoms with Crippen LogP contribution in [0.4, 0.5) is 0 Å². The molecule has 0 saturated carbocycles. The summed E-state index contributed by atoms with van der Waals surface area (Å²) >= 11 is 0. The Kier molecular flexibility index (Phi) is 4.19. The van der Waals surface area contributed by atoms with Crippen molar-refractivity contribution < 1.29 is 12.6 Å². The largest absolute Gasteiger partial charge is 0.347 e. The standard InChI is InChI=1S/C11H12O3S/c1-2-3-7-10-14-15(12,13)11-8-5-4-6-9-11/h4-6,8-9H,2-3H2,1H3. The lowest BCUT2D eigenvalue weighted by Crippen LogP contribution is -2.01. The molecule has 0 atom stereocenters. The van der Waals surface area contributed by atoms with Crippen LogP contribution in [0.3, 0.4) is 0 Å². The van der Waals surface area contributed by atoms with Crippen LogP contribution in [0.1, 0.15) is 19.8 Å². The van der Waals surface area contributed by atoms with Crippen molar-refractivity contribution in [1.29, 1.82) is 0 Å². The molecule has 4 heteroatoms. The third-order valence-corrected chi connectivity index (χ3v) is 2.78. The molecule has 0 aliphatic rings. The molecule has 1 aromatic rings. The summed E-state index contributed by atoms with van der Waals surface area (Å²) < 4.78 is 27.5. The van der Waals surface area contributed by atoms with Gasteiger partial charge in [-0.15, -0.1) is 0 Å². The zero-order valence-corrected chi connectivity index (χ0v) is 9.25. The molecule has 0 aromatic heterocycles. The highest BCUT2D eigenvalue weighted by atomic mass is 32.2. The van der Waals surface area contributed by atoms with Gasteiger partial charge in [0, 0.05) is 6.42 Å². The molecule has 1 aromatic carbocycles. The van der Waals surface area contributed by atoms with E-state index in [1.807, 2.05) is 6.92 Å². The number of hydrogen-bond acceptors (Lipinski definition) is 3. The molecule has 0 fully saturated rings. The molecule has 0 unspecified atom stereocenters. The van der Waals surface area contributed by atoms with Crippen molar-refractivity contribution >= 4 is 10.1 Å². The highest BCUT2D eigenvalue weighted by molar-refractivity contribution is 7.86. The first-order valence-corrected chi connectivity index (χ1v) is 6.04. The van der Waals surface area contributed by atoms with Gasteiger partial charge in [-0.1, -0.05) is 31.0 Å². The number of hydrogen-bond donors (Lipinski definition) is 0. The first kappa shape index (κ1) is 11.6. The van der Waals surface area contributed by atoms with Crippen molar-refractivity contribution in [3.05, 3.63) is 30.3 Å². The molecule has 0 aliphatic carbocycles. The molecule has 0 spiro atoms. The summed E-state index contributed by atoms with van der Waals surface area (Å²) in [5.74, 6) is 2.61. The van der Waals surface area contributed by atoms with Crippen molar-refractivity contribution in [2.45, 2.75) is 24.7 Å². The molecule has 15 heavy (non-hydrogen) atoms. The summed E-state index contributed by atoms with van der Waals surface area (Å²) in [6.07, 6.45) is 3.69. The summed E-state index contributed by atoms with van der Waals surface area (Å²) in [7, 11) is -3.71. The average molecular weight is 224 g/mol. The van der Waals surface area contributed by atoms with Crippen molar-refractivity contribution in [2.24, 2.45) is 0 Å². The van der Waals surface area contributed by atoms with Gasteiger partial charge >= 0.3 is 10.1 Å². The Hall–Kier alpha value is -1.47. The predicted molar refractivity (Wildman–Crippen MR) is 57.4 cm³/mol. The SMILES string of the molecule is CCCC#COS(=O)(=O)c1ccccc1. The Morgan fingerprint density at radius 1 is 1.27 bits per heavy atom. The summed E-state index contributed by atoms with van der Waals surface area (Å²) in [6, 6.07) is 7.95. The van der Waals surface area contributed by atoms with E-state index < -0.39 is 10.1 Å². The van der Waals surface area contributed by atoms with Crippen LogP contribution in [-0.2, 0) is 14.3 Å². The third kappa shape index (κ3) is 3.64. The molecule has 0 N–H and O–H groups in total. The predicted octanol–water partition coefficient (Wildman–Crippen LogP) is 2.15. The van der Waals surface area contributed by atoms with E-state index in [0.717, 1.165) is 6.42 Å². The number of unbranched alkanes of at least 4 members (excludes halogenated alkanes) is 1. The van der Waals surface area contributed by atoms with Gasteiger partial charge in [0.2, 0.25) is 0 Å². The molecule has 0 amide bonds. The third-order valence-electron chi connectivity index (χ3n) is 1.63. The Labute approximate surface area is 90.2 Å². The lowest BCUT2D eigenvalue weighted by Gasteiger charge is -1.98. The van der Waals surface area contributed by atoms with E-state index in [0.29, 0.717) is 6.42 Å². The van der Waals surface area contributed by atoms with E-state index in [4.69, 9.17) is 0 Å². The lowest BCUT2D eigenvalue weighted by molar-refractivity contribution is 0.465. The zero-order valence-electron chi connectivity index (χ0n) is 8.43. The van der Waals surface area contributed by atoms with E-state index in [9.17, 15) is 8.42 Å². The Bertz CT molecular complexity index is 452. The highest BCUT2D eigenvalue weighted by Gasteiger charge is 2.12. The van der Waals surface area contributed by atoms with Crippen molar-refractivity contribution in [3.8, 4) is 12.0 Å². The second-order valence-electron chi connectivity index (χ2n) is 2.88. The number of rotatable bonds is 3. The fourth-order valence-electron chi connectivity index (χ4n) is 0.896. The minimum Gasteiger partial charge on any atom is -0.324 e. The van der Waals surface area contributed by atoms with Gasteiger partial charge in [-0.3, -0.25) is 0 Å². The van der Waals surface area contributed by atoms with Crippen LogP contribution < -0.4 is 0 Å². The van der Waals surface area contributed by atoms with Gasteiger partial charge in [0.05, 0.1) is 0 Å². The fraction of sp³-hybridized carbons (Fsp3) is 0.273. The van der Waals surface area contributed by atoms with E-state index in [-0.39, 0.29) is 4.90 Å². The van der Waals surface area contributed by atoms with Gasteiger partial charge in [0.15, 0.2) is 0 Å². The van der Waals surface area contributed by atoms with Crippen LogP contribution in [0, 0.1) is 12.0 Å². The van der Waals surface area contributed by atoms with Gasteiger partial charge in [0.25, 0.3) is 0 Å². The van der Waals surface area contributed by atoms with Crippen LogP contribution in [-0.4, -0.2) is 8.42 Å². The topological polar surface area (TPSA) is 43.4 Å². The van der Waals surface area contributed by atoms with Crippen molar-refractivity contribution in [2.75, 3.05) is 0 Å². The monoisotopic (exact) mass is 224 g/mol. The maximum atomic E-state index is 11.5. The average Bonchev–Trinajstić information content (AvgIpc) is 2.26. The Morgan fingerprint density at radius 2 is 1.93 bits per heavy atom. The van der Waals surface area contributed by atoms with Crippen LogP contribution in [0.2, 0.25) is 0 Å². The second-order valence-corrected chi connectivity index (χ2v) is 4.43. The maximum Gasteiger partial charge on any atom is 0.347 e. The Balaban J connectivity index is 2.74. The summed E-state index contributed by atoms with van der Waals surface area (Å²) in [6.45, 7) is 1.96. The Morgan fingerprint density at radius 3 is 2.53 bits per heavy atom. The molecule has 3 nitrogen and oxygen atoms in total. The van der Waals surface area contributed by atoms with Crippen LogP contribution in [0.5, 0.6) is 0 Å². The van der Waals surface area contributed by atoms with E-state index in [2.05, 4.69) is 16.2 Å².